The van der Waals surface area contributed by atoms with Crippen molar-refractivity contribution < 1.29 is 13.8 Å². The van der Waals surface area contributed by atoms with Crippen molar-refractivity contribution >= 4 is 0 Å². The fraction of sp³-hybridized carbons (Fsp3) is 0.583. The second-order valence-electron chi connectivity index (χ2n) is 4.65. The Hall–Kier alpha value is -1.77. The summed E-state index contributed by atoms with van der Waals surface area (Å²) in [4.78, 5) is 6.63. The van der Waals surface area contributed by atoms with Crippen LogP contribution in [0.1, 0.15) is 11.6 Å². The predicted octanol–water partition coefficient (Wildman–Crippen LogP) is 0.276. The highest BCUT2D eigenvalue weighted by Crippen LogP contribution is 2.18. The SMILES string of the molecule is COCc1cc(-c2nc(CN3CCNCC3)no2)no1. The van der Waals surface area contributed by atoms with Crippen molar-refractivity contribution in [1.82, 2.24) is 25.5 Å². The average Bonchev–Trinajstić information content (AvgIpc) is 3.10. The van der Waals surface area contributed by atoms with Crippen molar-refractivity contribution in [3.63, 3.8) is 0 Å². The molecule has 0 unspecified atom stereocenters. The van der Waals surface area contributed by atoms with Gasteiger partial charge in [0.2, 0.25) is 0 Å². The monoisotopic (exact) mass is 279 g/mol. The van der Waals surface area contributed by atoms with Gasteiger partial charge in [-0.25, -0.2) is 0 Å². The zero-order valence-corrected chi connectivity index (χ0v) is 11.3. The van der Waals surface area contributed by atoms with Gasteiger partial charge < -0.3 is 19.1 Å². The first-order chi connectivity index (χ1) is 9.85. The Bertz CT molecular complexity index is 547. The Morgan fingerprint density at radius 3 is 2.95 bits per heavy atom. The van der Waals surface area contributed by atoms with Gasteiger partial charge in [-0.3, -0.25) is 4.90 Å². The summed E-state index contributed by atoms with van der Waals surface area (Å²) in [6.07, 6.45) is 0. The maximum Gasteiger partial charge on any atom is 0.280 e. The lowest BCUT2D eigenvalue weighted by Gasteiger charge is -2.25. The molecule has 0 atom stereocenters. The Morgan fingerprint density at radius 1 is 1.30 bits per heavy atom. The van der Waals surface area contributed by atoms with Crippen LogP contribution in [0.5, 0.6) is 0 Å². The van der Waals surface area contributed by atoms with Gasteiger partial charge in [0.05, 0.1) is 6.54 Å². The molecule has 0 radical (unpaired) electrons. The van der Waals surface area contributed by atoms with Crippen molar-refractivity contribution in [2.45, 2.75) is 13.2 Å². The molecule has 0 spiro atoms. The Labute approximate surface area is 116 Å². The number of rotatable bonds is 5. The van der Waals surface area contributed by atoms with Crippen LogP contribution in [0.3, 0.4) is 0 Å². The van der Waals surface area contributed by atoms with Gasteiger partial charge in [-0.1, -0.05) is 10.3 Å². The van der Waals surface area contributed by atoms with E-state index in [-0.39, 0.29) is 0 Å². The molecule has 2 aromatic rings. The van der Waals surface area contributed by atoms with E-state index in [9.17, 15) is 0 Å². The van der Waals surface area contributed by atoms with Gasteiger partial charge >= 0.3 is 0 Å². The normalized spacial score (nSPS) is 16.6. The van der Waals surface area contributed by atoms with Gasteiger partial charge in [0.1, 0.15) is 6.61 Å². The lowest BCUT2D eigenvalue weighted by molar-refractivity contribution is 0.156. The molecular weight excluding hydrogens is 262 g/mol. The molecule has 1 aliphatic rings. The minimum Gasteiger partial charge on any atom is -0.377 e. The van der Waals surface area contributed by atoms with Gasteiger partial charge in [-0.15, -0.1) is 0 Å². The third-order valence-electron chi connectivity index (χ3n) is 3.11. The lowest BCUT2D eigenvalue weighted by Crippen LogP contribution is -2.43. The molecule has 0 bridgehead atoms. The molecule has 1 saturated heterocycles. The lowest BCUT2D eigenvalue weighted by atomic mass is 10.3. The molecule has 2 aromatic heterocycles. The molecule has 108 valence electrons. The quantitative estimate of drug-likeness (QED) is 0.834. The molecule has 1 fully saturated rings. The largest absolute Gasteiger partial charge is 0.377 e. The van der Waals surface area contributed by atoms with E-state index in [2.05, 4.69) is 25.5 Å². The third kappa shape index (κ3) is 3.03. The van der Waals surface area contributed by atoms with Gasteiger partial charge in [0.15, 0.2) is 17.3 Å². The smallest absolute Gasteiger partial charge is 0.280 e. The van der Waals surface area contributed by atoms with Crippen LogP contribution in [0.2, 0.25) is 0 Å². The summed E-state index contributed by atoms with van der Waals surface area (Å²) in [6, 6.07) is 1.74. The molecule has 20 heavy (non-hydrogen) atoms. The van der Waals surface area contributed by atoms with Gasteiger partial charge in [-0.2, -0.15) is 4.98 Å². The molecule has 0 amide bonds. The minimum absolute atomic E-state index is 0.370. The van der Waals surface area contributed by atoms with Crippen molar-refractivity contribution in [2.75, 3.05) is 33.3 Å². The summed E-state index contributed by atoms with van der Waals surface area (Å²) in [6.45, 7) is 5.03. The highest BCUT2D eigenvalue weighted by Gasteiger charge is 2.17. The molecular formula is C12H17N5O3. The Kier molecular flexibility index (Phi) is 4.05. The molecule has 0 aliphatic carbocycles. The van der Waals surface area contributed by atoms with E-state index >= 15 is 0 Å². The number of hydrogen-bond acceptors (Lipinski definition) is 8. The Morgan fingerprint density at radius 2 is 2.15 bits per heavy atom. The molecule has 0 saturated carbocycles. The van der Waals surface area contributed by atoms with Crippen LogP contribution in [-0.2, 0) is 17.9 Å². The van der Waals surface area contributed by atoms with Gasteiger partial charge in [0, 0.05) is 39.4 Å². The second-order valence-corrected chi connectivity index (χ2v) is 4.65. The molecule has 8 heteroatoms. The first-order valence-electron chi connectivity index (χ1n) is 6.55. The fourth-order valence-corrected chi connectivity index (χ4v) is 2.12. The molecule has 3 rings (SSSR count). The number of methoxy groups -OCH3 is 1. The average molecular weight is 279 g/mol. The number of ether oxygens (including phenoxy) is 1. The van der Waals surface area contributed by atoms with Gasteiger partial charge in [-0.05, 0) is 0 Å². The predicted molar refractivity (Wildman–Crippen MR) is 68.7 cm³/mol. The Balaban J connectivity index is 1.65. The van der Waals surface area contributed by atoms with E-state index < -0.39 is 0 Å². The number of aromatic nitrogens is 3. The van der Waals surface area contributed by atoms with Crippen LogP contribution in [0.15, 0.2) is 15.1 Å². The van der Waals surface area contributed by atoms with E-state index in [0.717, 1.165) is 26.2 Å². The summed E-state index contributed by atoms with van der Waals surface area (Å²) >= 11 is 0. The molecule has 1 N–H and O–H groups in total. The standard InChI is InChI=1S/C12H17N5O3/c1-18-8-9-6-10(15-19-9)12-14-11(16-20-12)7-17-4-2-13-3-5-17/h6,13H,2-5,7-8H2,1H3. The summed E-state index contributed by atoms with van der Waals surface area (Å²) in [5.74, 6) is 1.67. The first-order valence-corrected chi connectivity index (χ1v) is 6.55. The summed E-state index contributed by atoms with van der Waals surface area (Å²) in [5.41, 5.74) is 0.538. The second kappa shape index (κ2) is 6.12. The molecule has 0 aromatic carbocycles. The van der Waals surface area contributed by atoms with E-state index in [1.54, 1.807) is 13.2 Å². The van der Waals surface area contributed by atoms with Crippen molar-refractivity contribution in [3.8, 4) is 11.6 Å². The number of nitrogens with zero attached hydrogens (tertiary/aromatic N) is 4. The highest BCUT2D eigenvalue weighted by atomic mass is 16.5. The number of hydrogen-bond donors (Lipinski definition) is 1. The van der Waals surface area contributed by atoms with Crippen molar-refractivity contribution in [2.24, 2.45) is 0 Å². The third-order valence-corrected chi connectivity index (χ3v) is 3.11. The molecule has 1 aliphatic heterocycles. The highest BCUT2D eigenvalue weighted by molar-refractivity contribution is 5.45. The molecule has 3 heterocycles. The fourth-order valence-electron chi connectivity index (χ4n) is 2.12. The van der Waals surface area contributed by atoms with E-state index in [1.807, 2.05) is 0 Å². The van der Waals surface area contributed by atoms with Crippen LogP contribution >= 0.6 is 0 Å². The van der Waals surface area contributed by atoms with Crippen molar-refractivity contribution in [1.29, 1.82) is 0 Å². The first kappa shape index (κ1) is 13.2. The van der Waals surface area contributed by atoms with E-state index in [0.29, 0.717) is 36.3 Å². The van der Waals surface area contributed by atoms with Gasteiger partial charge in [0.25, 0.3) is 5.89 Å². The topological polar surface area (TPSA) is 89.5 Å². The molecule has 8 nitrogen and oxygen atoms in total. The van der Waals surface area contributed by atoms with Crippen LogP contribution in [0.25, 0.3) is 11.6 Å². The van der Waals surface area contributed by atoms with E-state index in [1.165, 1.54) is 0 Å². The van der Waals surface area contributed by atoms with Crippen LogP contribution in [0, 0.1) is 0 Å². The number of piperazine rings is 1. The maximum absolute atomic E-state index is 5.22. The number of nitrogens with one attached hydrogen (secondary N) is 1. The zero-order chi connectivity index (χ0) is 13.8. The van der Waals surface area contributed by atoms with Crippen LogP contribution in [-0.4, -0.2) is 53.5 Å². The van der Waals surface area contributed by atoms with E-state index in [4.69, 9.17) is 13.8 Å². The summed E-state index contributed by atoms with van der Waals surface area (Å²) in [7, 11) is 1.60. The van der Waals surface area contributed by atoms with Crippen LogP contribution < -0.4 is 5.32 Å². The maximum atomic E-state index is 5.22. The minimum atomic E-state index is 0.370. The van der Waals surface area contributed by atoms with Crippen LogP contribution in [0.4, 0.5) is 0 Å². The van der Waals surface area contributed by atoms with Crippen molar-refractivity contribution in [3.05, 3.63) is 17.7 Å². The zero-order valence-electron chi connectivity index (χ0n) is 11.3. The summed E-state index contributed by atoms with van der Waals surface area (Å²) in [5, 5.41) is 11.2. The summed E-state index contributed by atoms with van der Waals surface area (Å²) < 4.78 is 15.3.